The number of hydrogen-bond donors (Lipinski definition) is 2. The molecule has 2 aromatic rings. The molecule has 0 aromatic heterocycles. The van der Waals surface area contributed by atoms with Crippen LogP contribution in [0.5, 0.6) is 11.5 Å². The van der Waals surface area contributed by atoms with Crippen molar-refractivity contribution in [1.82, 2.24) is 10.2 Å². The van der Waals surface area contributed by atoms with Crippen LogP contribution in [0.3, 0.4) is 0 Å². The van der Waals surface area contributed by atoms with Gasteiger partial charge in [-0.3, -0.25) is 9.59 Å². The molecule has 0 radical (unpaired) electrons. The Morgan fingerprint density at radius 3 is 2.76 bits per heavy atom. The van der Waals surface area contributed by atoms with Crippen LogP contribution in [0.25, 0.3) is 0 Å². The van der Waals surface area contributed by atoms with Crippen LogP contribution in [0.2, 0.25) is 0 Å². The van der Waals surface area contributed by atoms with Crippen molar-refractivity contribution >= 4 is 11.8 Å². The van der Waals surface area contributed by atoms with Crippen LogP contribution >= 0.6 is 0 Å². The minimum absolute atomic E-state index is 0.0481. The Morgan fingerprint density at radius 1 is 1.24 bits per heavy atom. The molecule has 0 spiro atoms. The number of aliphatic hydroxyl groups excluding tert-OH is 1. The number of aliphatic hydroxyl groups is 1. The van der Waals surface area contributed by atoms with E-state index < -0.39 is 6.10 Å². The van der Waals surface area contributed by atoms with Gasteiger partial charge in [0.15, 0.2) is 6.73 Å². The second-order valence-electron chi connectivity index (χ2n) is 8.27. The molecule has 1 unspecified atom stereocenters. The van der Waals surface area contributed by atoms with Crippen molar-refractivity contribution < 1.29 is 28.9 Å². The van der Waals surface area contributed by atoms with Crippen LogP contribution in [-0.4, -0.2) is 67.1 Å². The average Bonchev–Trinajstić information content (AvgIpc) is 3.59. The third kappa shape index (κ3) is 5.83. The number of fused-ring (bicyclic) bond motifs is 1. The smallest absolute Gasteiger partial charge is 0.260 e. The molecule has 8 nitrogen and oxygen atoms in total. The van der Waals surface area contributed by atoms with E-state index in [2.05, 4.69) is 5.32 Å². The van der Waals surface area contributed by atoms with E-state index in [1.54, 1.807) is 17.0 Å². The van der Waals surface area contributed by atoms with Gasteiger partial charge in [-0.25, -0.2) is 0 Å². The number of nitrogens with zero attached hydrogens (tertiary/aromatic N) is 1. The minimum Gasteiger partial charge on any atom is -0.492 e. The summed E-state index contributed by atoms with van der Waals surface area (Å²) in [5.74, 6) is 1.25. The summed E-state index contributed by atoms with van der Waals surface area (Å²) in [5.41, 5.74) is 1.52. The lowest BCUT2D eigenvalue weighted by atomic mass is 10.1. The van der Waals surface area contributed by atoms with Gasteiger partial charge >= 0.3 is 0 Å². The van der Waals surface area contributed by atoms with E-state index >= 15 is 0 Å². The average molecular weight is 455 g/mol. The molecule has 2 amide bonds. The van der Waals surface area contributed by atoms with Gasteiger partial charge in [0, 0.05) is 31.6 Å². The molecular formula is C25H30N2O6. The number of benzene rings is 2. The van der Waals surface area contributed by atoms with E-state index in [0.717, 1.165) is 12.0 Å². The molecule has 2 N–H and O–H groups in total. The summed E-state index contributed by atoms with van der Waals surface area (Å²) >= 11 is 0. The van der Waals surface area contributed by atoms with Crippen molar-refractivity contribution in [3.63, 3.8) is 0 Å². The molecule has 176 valence electrons. The van der Waals surface area contributed by atoms with Gasteiger partial charge < -0.3 is 29.5 Å². The highest BCUT2D eigenvalue weighted by Crippen LogP contribution is 2.29. The number of amides is 2. The Bertz CT molecular complexity index is 964. The van der Waals surface area contributed by atoms with E-state index in [1.165, 1.54) is 0 Å². The van der Waals surface area contributed by atoms with Gasteiger partial charge in [-0.2, -0.15) is 0 Å². The van der Waals surface area contributed by atoms with Gasteiger partial charge in [-0.15, -0.1) is 0 Å². The predicted molar refractivity (Wildman–Crippen MR) is 121 cm³/mol. The third-order valence-electron chi connectivity index (χ3n) is 5.90. The maximum atomic E-state index is 12.6. The summed E-state index contributed by atoms with van der Waals surface area (Å²) in [6, 6.07) is 14.8. The van der Waals surface area contributed by atoms with E-state index in [1.807, 2.05) is 43.3 Å². The lowest BCUT2D eigenvalue weighted by molar-refractivity contribution is -0.132. The lowest BCUT2D eigenvalue weighted by Crippen LogP contribution is -2.40. The molecule has 4 rings (SSSR count). The lowest BCUT2D eigenvalue weighted by Gasteiger charge is -2.28. The second-order valence-corrected chi connectivity index (χ2v) is 8.27. The normalized spacial score (nSPS) is 19.9. The summed E-state index contributed by atoms with van der Waals surface area (Å²) in [6.07, 6.45) is 0.694. The van der Waals surface area contributed by atoms with Crippen LogP contribution in [0, 0.1) is 5.92 Å². The fourth-order valence-corrected chi connectivity index (χ4v) is 3.85. The first-order chi connectivity index (χ1) is 16.1. The predicted octanol–water partition coefficient (Wildman–Crippen LogP) is 2.00. The van der Waals surface area contributed by atoms with Crippen LogP contribution in [0.1, 0.15) is 29.3 Å². The number of rotatable bonds is 11. The number of para-hydroxylation sites is 1. The number of carbonyl (C=O) groups excluding carboxylic acids is 2. The molecule has 8 heteroatoms. The Morgan fingerprint density at radius 2 is 2.03 bits per heavy atom. The van der Waals surface area contributed by atoms with Gasteiger partial charge in [0.05, 0.1) is 12.1 Å². The number of ether oxygens (including phenoxy) is 3. The van der Waals surface area contributed by atoms with E-state index in [0.29, 0.717) is 43.2 Å². The summed E-state index contributed by atoms with van der Waals surface area (Å²) in [7, 11) is 0. The summed E-state index contributed by atoms with van der Waals surface area (Å²) in [6.45, 7) is 3.36. The van der Waals surface area contributed by atoms with Gasteiger partial charge in [-0.1, -0.05) is 24.3 Å². The topological polar surface area (TPSA) is 97.3 Å². The Kier molecular flexibility index (Phi) is 7.47. The highest BCUT2D eigenvalue weighted by atomic mass is 16.5. The van der Waals surface area contributed by atoms with Crippen LogP contribution in [-0.2, 0) is 16.0 Å². The summed E-state index contributed by atoms with van der Waals surface area (Å²) < 4.78 is 17.1. The summed E-state index contributed by atoms with van der Waals surface area (Å²) in [5, 5.41) is 12.1. The zero-order valence-electron chi connectivity index (χ0n) is 18.7. The first-order valence-electron chi connectivity index (χ1n) is 11.3. The van der Waals surface area contributed by atoms with Gasteiger partial charge in [-0.05, 0) is 43.2 Å². The molecule has 1 saturated carbocycles. The number of carbonyl (C=O) groups is 2. The molecule has 3 atom stereocenters. The number of nitrogens with one attached hydrogen (secondary N) is 1. The highest BCUT2D eigenvalue weighted by Gasteiger charge is 2.38. The van der Waals surface area contributed by atoms with Gasteiger partial charge in [0.25, 0.3) is 5.91 Å². The molecule has 0 bridgehead atoms. The molecule has 0 saturated heterocycles. The van der Waals surface area contributed by atoms with Crippen molar-refractivity contribution in [2.24, 2.45) is 5.92 Å². The first kappa shape index (κ1) is 23.1. The van der Waals surface area contributed by atoms with Crippen LogP contribution < -0.4 is 14.8 Å². The Hall–Kier alpha value is -3.10. The zero-order chi connectivity index (χ0) is 23.2. The third-order valence-corrected chi connectivity index (χ3v) is 5.90. The molecule has 1 aliphatic carbocycles. The van der Waals surface area contributed by atoms with Crippen molar-refractivity contribution in [3.05, 3.63) is 59.7 Å². The molecule has 33 heavy (non-hydrogen) atoms. The van der Waals surface area contributed by atoms with Gasteiger partial charge in [0.2, 0.25) is 5.91 Å². The Balaban J connectivity index is 1.25. The number of hydrogen-bond acceptors (Lipinski definition) is 6. The zero-order valence-corrected chi connectivity index (χ0v) is 18.7. The largest absolute Gasteiger partial charge is 0.492 e. The molecular weight excluding hydrogens is 424 g/mol. The SMILES string of the molecule is CCO[C@@H](Cc1ccc(OCCN2COc3ccccc3C2=O)cc1)C(=O)NC1C[C@@H]1CO. The molecule has 1 aliphatic heterocycles. The molecule has 2 aromatic carbocycles. The van der Waals surface area contributed by atoms with E-state index in [-0.39, 0.29) is 37.1 Å². The maximum Gasteiger partial charge on any atom is 0.260 e. The van der Waals surface area contributed by atoms with Crippen molar-refractivity contribution in [1.29, 1.82) is 0 Å². The maximum absolute atomic E-state index is 12.6. The molecule has 2 aliphatic rings. The fraction of sp³-hybridized carbons (Fsp3) is 0.440. The second kappa shape index (κ2) is 10.7. The standard InChI is InChI=1S/C25H30N2O6/c1-2-31-23(24(29)26-21-14-18(21)15-28)13-17-7-9-19(10-8-17)32-12-11-27-16-33-22-6-4-3-5-20(22)25(27)30/h3-10,18,21,23,28H,2,11-16H2,1H3,(H,26,29)/t18-,21?,23+/m1/s1. The first-order valence-corrected chi connectivity index (χ1v) is 11.3. The molecule has 1 fully saturated rings. The Labute approximate surface area is 193 Å². The van der Waals surface area contributed by atoms with E-state index in [9.17, 15) is 9.59 Å². The monoisotopic (exact) mass is 454 g/mol. The quantitative estimate of drug-likeness (QED) is 0.539. The minimum atomic E-state index is -0.574. The fourth-order valence-electron chi connectivity index (χ4n) is 3.85. The molecule has 1 heterocycles. The van der Waals surface area contributed by atoms with Crippen LogP contribution in [0.4, 0.5) is 0 Å². The van der Waals surface area contributed by atoms with Crippen molar-refractivity contribution in [3.8, 4) is 11.5 Å². The van der Waals surface area contributed by atoms with E-state index in [4.69, 9.17) is 19.3 Å². The van der Waals surface area contributed by atoms with Crippen molar-refractivity contribution in [2.45, 2.75) is 31.9 Å². The van der Waals surface area contributed by atoms with Gasteiger partial charge in [0.1, 0.15) is 24.2 Å². The highest BCUT2D eigenvalue weighted by molar-refractivity contribution is 5.97. The summed E-state index contributed by atoms with van der Waals surface area (Å²) in [4.78, 5) is 26.7. The van der Waals surface area contributed by atoms with Crippen molar-refractivity contribution in [2.75, 3.05) is 33.1 Å². The van der Waals surface area contributed by atoms with Crippen LogP contribution in [0.15, 0.2) is 48.5 Å².